The number of amides is 1. The van der Waals surface area contributed by atoms with Crippen LogP contribution in [0.2, 0.25) is 0 Å². The molecule has 4 heteroatoms. The van der Waals surface area contributed by atoms with E-state index in [1.54, 1.807) is 0 Å². The van der Waals surface area contributed by atoms with E-state index in [9.17, 15) is 4.79 Å². The molecule has 0 bridgehead atoms. The second-order valence-electron chi connectivity index (χ2n) is 6.37. The van der Waals surface area contributed by atoms with Crippen LogP contribution in [-0.4, -0.2) is 25.4 Å². The van der Waals surface area contributed by atoms with Gasteiger partial charge in [-0.25, -0.2) is 4.79 Å². The number of fused-ring (bicyclic) bond motifs is 1. The quantitative estimate of drug-likeness (QED) is 0.745. The third kappa shape index (κ3) is 1.36. The number of rotatable bonds is 0. The van der Waals surface area contributed by atoms with Gasteiger partial charge < -0.3 is 4.74 Å². The Kier molecular flexibility index (Phi) is 2.52. The second kappa shape index (κ2) is 4.10. The van der Waals surface area contributed by atoms with Crippen molar-refractivity contribution in [2.24, 2.45) is 0 Å². The minimum Gasteiger partial charge on any atom is -0.452 e. The van der Waals surface area contributed by atoms with Gasteiger partial charge in [-0.05, 0) is 43.9 Å². The highest BCUT2D eigenvalue weighted by atomic mass is 16.5. The summed E-state index contributed by atoms with van der Waals surface area (Å²) in [7, 11) is 1.46. The summed E-state index contributed by atoms with van der Waals surface area (Å²) >= 11 is 0. The smallest absolute Gasteiger partial charge is 0.415 e. The fourth-order valence-electron chi connectivity index (χ4n) is 4.78. The van der Waals surface area contributed by atoms with Gasteiger partial charge in [-0.1, -0.05) is 30.4 Å². The van der Waals surface area contributed by atoms with Crippen LogP contribution in [0.5, 0.6) is 0 Å². The Morgan fingerprint density at radius 3 is 3.00 bits per heavy atom. The number of benzene rings is 1. The van der Waals surface area contributed by atoms with Crippen LogP contribution >= 0.6 is 0 Å². The maximum atomic E-state index is 12.5. The minimum absolute atomic E-state index is 0.0485. The Hall–Kier alpha value is -1.81. The number of carbonyl (C=O) groups excluding carboxylic acids is 1. The Balaban J connectivity index is 1.99. The zero-order chi connectivity index (χ0) is 14.7. The molecule has 1 saturated carbocycles. The highest BCUT2D eigenvalue weighted by molar-refractivity contribution is 5.94. The maximum absolute atomic E-state index is 12.5. The molecule has 110 valence electrons. The van der Waals surface area contributed by atoms with Gasteiger partial charge in [-0.3, -0.25) is 10.2 Å². The van der Waals surface area contributed by atoms with Crippen molar-refractivity contribution < 1.29 is 9.53 Å². The summed E-state index contributed by atoms with van der Waals surface area (Å²) < 4.78 is 5.09. The maximum Gasteiger partial charge on any atom is 0.415 e. The van der Waals surface area contributed by atoms with Crippen molar-refractivity contribution >= 4 is 11.8 Å². The molecule has 21 heavy (non-hydrogen) atoms. The number of para-hydroxylation sites is 1. The predicted molar refractivity (Wildman–Crippen MR) is 81.3 cm³/mol. The van der Waals surface area contributed by atoms with Crippen molar-refractivity contribution in [3.05, 3.63) is 42.0 Å². The molecule has 4 rings (SSSR count). The third-order valence-electron chi connectivity index (χ3n) is 5.55. The van der Waals surface area contributed by atoms with Gasteiger partial charge in [0.25, 0.3) is 0 Å². The van der Waals surface area contributed by atoms with E-state index in [2.05, 4.69) is 24.0 Å². The van der Waals surface area contributed by atoms with Crippen molar-refractivity contribution in [2.75, 3.05) is 18.6 Å². The highest BCUT2D eigenvalue weighted by Gasteiger charge is 2.67. The summed E-state index contributed by atoms with van der Waals surface area (Å²) in [5.74, 6) is 0. The van der Waals surface area contributed by atoms with Gasteiger partial charge in [-0.15, -0.1) is 0 Å². The molecular weight excluding hydrogens is 264 g/mol. The number of hydrogen-bond donors (Lipinski definition) is 1. The number of allylic oxidation sites excluding steroid dienone is 1. The third-order valence-corrected chi connectivity index (χ3v) is 5.55. The Morgan fingerprint density at radius 2 is 2.19 bits per heavy atom. The zero-order valence-electron chi connectivity index (χ0n) is 12.3. The molecule has 4 nitrogen and oxygen atoms in total. The van der Waals surface area contributed by atoms with Gasteiger partial charge in [0, 0.05) is 5.41 Å². The molecule has 1 aliphatic carbocycles. The van der Waals surface area contributed by atoms with E-state index in [1.165, 1.54) is 18.2 Å². The Labute approximate surface area is 124 Å². The largest absolute Gasteiger partial charge is 0.452 e. The van der Waals surface area contributed by atoms with Crippen LogP contribution < -0.4 is 10.2 Å². The summed E-state index contributed by atoms with van der Waals surface area (Å²) in [6, 6.07) is 8.25. The van der Waals surface area contributed by atoms with Crippen molar-refractivity contribution in [1.29, 1.82) is 0 Å². The average molecular weight is 284 g/mol. The van der Waals surface area contributed by atoms with Gasteiger partial charge >= 0.3 is 6.09 Å². The lowest BCUT2D eigenvalue weighted by molar-refractivity contribution is 0.145. The number of nitrogens with one attached hydrogen (secondary N) is 1. The van der Waals surface area contributed by atoms with Gasteiger partial charge in [0.2, 0.25) is 0 Å². The number of hydrogen-bond acceptors (Lipinski definition) is 3. The van der Waals surface area contributed by atoms with E-state index in [1.807, 2.05) is 17.0 Å². The topological polar surface area (TPSA) is 41.6 Å². The number of ether oxygens (including phenoxy) is 1. The van der Waals surface area contributed by atoms with Gasteiger partial charge in [-0.2, -0.15) is 0 Å². The van der Waals surface area contributed by atoms with Crippen molar-refractivity contribution in [3.63, 3.8) is 0 Å². The molecule has 3 aliphatic rings. The predicted octanol–water partition coefficient (Wildman–Crippen LogP) is 2.94. The molecule has 2 aliphatic heterocycles. The Morgan fingerprint density at radius 1 is 1.38 bits per heavy atom. The van der Waals surface area contributed by atoms with Crippen LogP contribution in [0.4, 0.5) is 10.5 Å². The number of methoxy groups -OCH3 is 1. The first-order valence-electron chi connectivity index (χ1n) is 7.54. The van der Waals surface area contributed by atoms with E-state index in [4.69, 9.17) is 4.74 Å². The fraction of sp³-hybridized carbons (Fsp3) is 0.471. The number of carbonyl (C=O) groups is 1. The SMILES string of the molecule is C=C1CC[C@]23NCC[C@@]2(C1)c1ccccc1N3C(=O)OC. The monoisotopic (exact) mass is 284 g/mol. The molecular formula is C17H20N2O2. The molecule has 1 saturated heterocycles. The standard InChI is InChI=1S/C17H20N2O2/c1-12-7-8-17-16(11-12,9-10-18-17)13-5-3-4-6-14(13)19(17)15(20)21-2/h3-6,18H,1,7-11H2,2H3/t16-,17-/m1/s1. The Bertz CT molecular complexity index is 641. The first-order chi connectivity index (χ1) is 10.1. The summed E-state index contributed by atoms with van der Waals surface area (Å²) in [4.78, 5) is 14.4. The molecule has 1 aromatic carbocycles. The lowest BCUT2D eigenvalue weighted by Crippen LogP contribution is -2.65. The molecule has 2 fully saturated rings. The molecule has 2 heterocycles. The second-order valence-corrected chi connectivity index (χ2v) is 6.37. The summed E-state index contributed by atoms with van der Waals surface area (Å²) in [5, 5.41) is 3.64. The summed E-state index contributed by atoms with van der Waals surface area (Å²) in [6.07, 6.45) is 3.57. The average Bonchev–Trinajstić information content (AvgIpc) is 2.97. The van der Waals surface area contributed by atoms with E-state index in [0.29, 0.717) is 0 Å². The van der Waals surface area contributed by atoms with E-state index < -0.39 is 0 Å². The summed E-state index contributed by atoms with van der Waals surface area (Å²) in [6.45, 7) is 5.15. The summed E-state index contributed by atoms with van der Waals surface area (Å²) in [5.41, 5.74) is 3.15. The van der Waals surface area contributed by atoms with Crippen LogP contribution in [0.15, 0.2) is 36.4 Å². The van der Waals surface area contributed by atoms with E-state index >= 15 is 0 Å². The molecule has 1 N–H and O–H groups in total. The molecule has 0 unspecified atom stereocenters. The van der Waals surface area contributed by atoms with Crippen LogP contribution in [0.25, 0.3) is 0 Å². The normalized spacial score (nSPS) is 33.4. The first kappa shape index (κ1) is 12.9. The minimum atomic E-state index is -0.342. The molecule has 0 spiro atoms. The van der Waals surface area contributed by atoms with E-state index in [0.717, 1.165) is 37.9 Å². The lowest BCUT2D eigenvalue weighted by Gasteiger charge is -2.48. The van der Waals surface area contributed by atoms with Crippen molar-refractivity contribution in [3.8, 4) is 0 Å². The molecule has 0 radical (unpaired) electrons. The molecule has 2 atom stereocenters. The van der Waals surface area contributed by atoms with Crippen LogP contribution in [0.1, 0.15) is 31.2 Å². The fourth-order valence-corrected chi connectivity index (χ4v) is 4.78. The van der Waals surface area contributed by atoms with Crippen LogP contribution in [-0.2, 0) is 10.2 Å². The number of nitrogens with zero attached hydrogens (tertiary/aromatic N) is 1. The first-order valence-corrected chi connectivity index (χ1v) is 7.54. The molecule has 1 amide bonds. The highest BCUT2D eigenvalue weighted by Crippen LogP contribution is 2.62. The van der Waals surface area contributed by atoms with Gasteiger partial charge in [0.05, 0.1) is 12.8 Å². The van der Waals surface area contributed by atoms with Gasteiger partial charge in [0.1, 0.15) is 5.66 Å². The van der Waals surface area contributed by atoms with Crippen LogP contribution in [0.3, 0.4) is 0 Å². The van der Waals surface area contributed by atoms with Crippen molar-refractivity contribution in [1.82, 2.24) is 5.32 Å². The molecule has 1 aromatic rings. The lowest BCUT2D eigenvalue weighted by atomic mass is 9.63. The van der Waals surface area contributed by atoms with Crippen molar-refractivity contribution in [2.45, 2.75) is 36.8 Å². The van der Waals surface area contributed by atoms with Gasteiger partial charge in [0.15, 0.2) is 0 Å². The van der Waals surface area contributed by atoms with E-state index in [-0.39, 0.29) is 17.2 Å². The molecule has 0 aromatic heterocycles. The number of anilines is 1. The zero-order valence-corrected chi connectivity index (χ0v) is 12.3. The van der Waals surface area contributed by atoms with Crippen LogP contribution in [0, 0.1) is 0 Å².